The SMILES string of the molecule is C=CCNCc1nnc(CN(C)C)n1-c1ccc(Cl)cc1C(=O)c1ccccc1. The van der Waals surface area contributed by atoms with E-state index in [9.17, 15) is 4.79 Å². The number of benzene rings is 2. The van der Waals surface area contributed by atoms with Gasteiger partial charge in [0.25, 0.3) is 0 Å². The van der Waals surface area contributed by atoms with E-state index in [-0.39, 0.29) is 5.78 Å². The van der Waals surface area contributed by atoms with Crippen molar-refractivity contribution in [1.82, 2.24) is 25.0 Å². The molecule has 0 aliphatic carbocycles. The summed E-state index contributed by atoms with van der Waals surface area (Å²) in [4.78, 5) is 15.3. The molecular weight excluding hydrogens is 386 g/mol. The Balaban J connectivity index is 2.13. The molecule has 1 aromatic heterocycles. The lowest BCUT2D eigenvalue weighted by molar-refractivity contribution is 0.103. The average Bonchev–Trinajstić information content (AvgIpc) is 3.10. The first-order chi connectivity index (χ1) is 14.0. The third kappa shape index (κ3) is 4.98. The van der Waals surface area contributed by atoms with Crippen LogP contribution in [0.1, 0.15) is 27.6 Å². The van der Waals surface area contributed by atoms with Crippen LogP contribution in [-0.4, -0.2) is 46.1 Å². The van der Waals surface area contributed by atoms with Crippen LogP contribution < -0.4 is 5.32 Å². The van der Waals surface area contributed by atoms with Crippen molar-refractivity contribution in [3.05, 3.63) is 89.0 Å². The van der Waals surface area contributed by atoms with Crippen molar-refractivity contribution in [2.45, 2.75) is 13.1 Å². The van der Waals surface area contributed by atoms with E-state index in [0.29, 0.717) is 47.3 Å². The molecule has 6 nitrogen and oxygen atoms in total. The Kier molecular flexibility index (Phi) is 6.93. The Morgan fingerprint density at radius 2 is 1.90 bits per heavy atom. The molecule has 0 fully saturated rings. The number of aromatic nitrogens is 3. The fourth-order valence-electron chi connectivity index (χ4n) is 3.05. The molecule has 0 bridgehead atoms. The molecule has 0 aliphatic rings. The summed E-state index contributed by atoms with van der Waals surface area (Å²) in [5, 5.41) is 12.5. The lowest BCUT2D eigenvalue weighted by Gasteiger charge is -2.17. The Labute approximate surface area is 175 Å². The average molecular weight is 410 g/mol. The summed E-state index contributed by atoms with van der Waals surface area (Å²) in [6.07, 6.45) is 1.79. The predicted octanol–water partition coefficient (Wildman–Crippen LogP) is 3.49. The Morgan fingerprint density at radius 1 is 1.17 bits per heavy atom. The molecule has 1 heterocycles. The normalized spacial score (nSPS) is 11.0. The Morgan fingerprint density at radius 3 is 2.59 bits per heavy atom. The second-order valence-electron chi connectivity index (χ2n) is 6.88. The zero-order valence-electron chi connectivity index (χ0n) is 16.6. The molecule has 0 saturated heterocycles. The van der Waals surface area contributed by atoms with Crippen LogP contribution in [0.2, 0.25) is 5.02 Å². The van der Waals surface area contributed by atoms with Gasteiger partial charge in [0.2, 0.25) is 0 Å². The fourth-order valence-corrected chi connectivity index (χ4v) is 3.22. The highest BCUT2D eigenvalue weighted by atomic mass is 35.5. The van der Waals surface area contributed by atoms with Crippen LogP contribution in [0.3, 0.4) is 0 Å². The second kappa shape index (κ2) is 9.60. The van der Waals surface area contributed by atoms with E-state index in [4.69, 9.17) is 11.6 Å². The molecule has 0 radical (unpaired) electrons. The van der Waals surface area contributed by atoms with Crippen LogP contribution in [0, 0.1) is 0 Å². The van der Waals surface area contributed by atoms with Gasteiger partial charge in [0.15, 0.2) is 17.4 Å². The van der Waals surface area contributed by atoms with Crippen molar-refractivity contribution < 1.29 is 4.79 Å². The minimum atomic E-state index is -0.0994. The van der Waals surface area contributed by atoms with Gasteiger partial charge in [-0.05, 0) is 32.3 Å². The minimum Gasteiger partial charge on any atom is -0.306 e. The van der Waals surface area contributed by atoms with Crippen LogP contribution in [0.25, 0.3) is 5.69 Å². The lowest BCUT2D eigenvalue weighted by atomic mass is 10.0. The van der Waals surface area contributed by atoms with Gasteiger partial charge in [-0.1, -0.05) is 48.0 Å². The number of nitrogens with zero attached hydrogens (tertiary/aromatic N) is 4. The van der Waals surface area contributed by atoms with Gasteiger partial charge in [-0.25, -0.2) is 0 Å². The number of ketones is 1. The van der Waals surface area contributed by atoms with E-state index < -0.39 is 0 Å². The largest absolute Gasteiger partial charge is 0.306 e. The number of carbonyl (C=O) groups excluding carboxylic acids is 1. The van der Waals surface area contributed by atoms with Gasteiger partial charge in [-0.3, -0.25) is 9.36 Å². The molecule has 0 atom stereocenters. The molecule has 0 spiro atoms. The van der Waals surface area contributed by atoms with Gasteiger partial charge >= 0.3 is 0 Å². The van der Waals surface area contributed by atoms with Crippen molar-refractivity contribution in [3.8, 4) is 5.69 Å². The minimum absolute atomic E-state index is 0.0994. The van der Waals surface area contributed by atoms with Gasteiger partial charge < -0.3 is 10.2 Å². The molecule has 0 saturated carbocycles. The number of hydrogen-bond donors (Lipinski definition) is 1. The molecule has 0 amide bonds. The maximum Gasteiger partial charge on any atom is 0.195 e. The van der Waals surface area contributed by atoms with E-state index >= 15 is 0 Å². The molecular formula is C22H24ClN5O. The van der Waals surface area contributed by atoms with Crippen LogP contribution >= 0.6 is 11.6 Å². The fraction of sp³-hybridized carbons (Fsp3) is 0.227. The smallest absolute Gasteiger partial charge is 0.195 e. The topological polar surface area (TPSA) is 63.1 Å². The summed E-state index contributed by atoms with van der Waals surface area (Å²) in [5.41, 5.74) is 1.82. The van der Waals surface area contributed by atoms with Crippen molar-refractivity contribution in [2.24, 2.45) is 0 Å². The number of hydrogen-bond acceptors (Lipinski definition) is 5. The van der Waals surface area contributed by atoms with Gasteiger partial charge in [-0.2, -0.15) is 0 Å². The van der Waals surface area contributed by atoms with E-state index in [1.807, 2.05) is 47.8 Å². The van der Waals surface area contributed by atoms with Crippen LogP contribution in [0.4, 0.5) is 0 Å². The maximum atomic E-state index is 13.3. The van der Waals surface area contributed by atoms with Gasteiger partial charge in [0.1, 0.15) is 0 Å². The highest BCUT2D eigenvalue weighted by Crippen LogP contribution is 2.25. The Hall–Kier alpha value is -2.80. The summed E-state index contributed by atoms with van der Waals surface area (Å²) in [7, 11) is 3.93. The van der Waals surface area contributed by atoms with Crippen LogP contribution in [-0.2, 0) is 13.1 Å². The van der Waals surface area contributed by atoms with Crippen LogP contribution in [0.5, 0.6) is 0 Å². The quantitative estimate of drug-likeness (QED) is 0.333. The molecule has 0 aliphatic heterocycles. The highest BCUT2D eigenvalue weighted by molar-refractivity contribution is 6.31. The van der Waals surface area contributed by atoms with E-state index in [1.165, 1.54) is 0 Å². The summed E-state index contributed by atoms with van der Waals surface area (Å²) >= 11 is 6.25. The first kappa shape index (κ1) is 20.9. The number of halogens is 1. The molecule has 150 valence electrons. The second-order valence-corrected chi connectivity index (χ2v) is 7.32. The highest BCUT2D eigenvalue weighted by Gasteiger charge is 2.21. The molecule has 2 aromatic carbocycles. The van der Waals surface area contributed by atoms with E-state index in [0.717, 1.165) is 5.82 Å². The van der Waals surface area contributed by atoms with Crippen molar-refractivity contribution in [3.63, 3.8) is 0 Å². The predicted molar refractivity (Wildman–Crippen MR) is 116 cm³/mol. The number of rotatable bonds is 9. The summed E-state index contributed by atoms with van der Waals surface area (Å²) in [6, 6.07) is 14.5. The third-order valence-corrected chi connectivity index (χ3v) is 4.54. The zero-order chi connectivity index (χ0) is 20.8. The number of carbonyl (C=O) groups is 1. The molecule has 3 aromatic rings. The maximum absolute atomic E-state index is 13.3. The lowest BCUT2D eigenvalue weighted by Crippen LogP contribution is -2.20. The van der Waals surface area contributed by atoms with Crippen molar-refractivity contribution >= 4 is 17.4 Å². The molecule has 1 N–H and O–H groups in total. The molecule has 29 heavy (non-hydrogen) atoms. The van der Waals surface area contributed by atoms with E-state index in [1.54, 1.807) is 30.3 Å². The van der Waals surface area contributed by atoms with Crippen LogP contribution in [0.15, 0.2) is 61.2 Å². The van der Waals surface area contributed by atoms with Crippen molar-refractivity contribution in [1.29, 1.82) is 0 Å². The molecule has 3 rings (SSSR count). The zero-order valence-corrected chi connectivity index (χ0v) is 17.4. The monoisotopic (exact) mass is 409 g/mol. The molecule has 7 heteroatoms. The third-order valence-electron chi connectivity index (χ3n) is 4.31. The van der Waals surface area contributed by atoms with Crippen molar-refractivity contribution in [2.75, 3.05) is 20.6 Å². The summed E-state index contributed by atoms with van der Waals surface area (Å²) < 4.78 is 1.93. The first-order valence-electron chi connectivity index (χ1n) is 9.30. The summed E-state index contributed by atoms with van der Waals surface area (Å²) in [5.74, 6) is 1.36. The Bertz CT molecular complexity index is 998. The standard InChI is InChI=1S/C22H24ClN5O/c1-4-12-24-14-20-25-26-21(15-27(2)3)28(20)19-11-10-17(23)13-18(19)22(29)16-8-6-5-7-9-16/h4-11,13,24H,1,12,14-15H2,2-3H3. The number of nitrogens with one attached hydrogen (secondary N) is 1. The van der Waals surface area contributed by atoms with Gasteiger partial charge in [-0.15, -0.1) is 16.8 Å². The summed E-state index contributed by atoms with van der Waals surface area (Å²) in [6.45, 7) is 5.44. The molecule has 0 unspecified atom stereocenters. The van der Waals surface area contributed by atoms with Gasteiger partial charge in [0, 0.05) is 22.7 Å². The van der Waals surface area contributed by atoms with Gasteiger partial charge in [0.05, 0.1) is 18.8 Å². The van der Waals surface area contributed by atoms with E-state index in [2.05, 4.69) is 22.1 Å². The first-order valence-corrected chi connectivity index (χ1v) is 9.68.